The largest absolute Gasteiger partial charge is 0.497 e. The van der Waals surface area contributed by atoms with Gasteiger partial charge in [-0.3, -0.25) is 15.0 Å². The van der Waals surface area contributed by atoms with E-state index in [1.165, 1.54) is 26.2 Å². The fraction of sp³-hybridized carbons (Fsp3) is 0.286. The Morgan fingerprint density at radius 3 is 2.32 bits per heavy atom. The van der Waals surface area contributed by atoms with Gasteiger partial charge in [-0.15, -0.1) is 0 Å². The molecule has 1 N–H and O–H groups in total. The third kappa shape index (κ3) is 4.32. The highest BCUT2D eigenvalue weighted by molar-refractivity contribution is 6.16. The minimum Gasteiger partial charge on any atom is -0.497 e. The number of alkyl carbamates (subject to hydrolysis) is 1. The van der Waals surface area contributed by atoms with Gasteiger partial charge in [-0.2, -0.15) is 13.2 Å². The lowest BCUT2D eigenvalue weighted by molar-refractivity contribution is -0.197. The lowest BCUT2D eigenvalue weighted by atomic mass is 10.1. The van der Waals surface area contributed by atoms with Crippen molar-refractivity contribution in [2.24, 2.45) is 4.99 Å². The van der Waals surface area contributed by atoms with Gasteiger partial charge >= 0.3 is 17.9 Å². The van der Waals surface area contributed by atoms with Gasteiger partial charge in [-0.1, -0.05) is 42.5 Å². The van der Waals surface area contributed by atoms with E-state index in [9.17, 15) is 22.8 Å². The molecule has 0 saturated heterocycles. The molecular weight excluding hydrogens is 415 g/mol. The van der Waals surface area contributed by atoms with Crippen LogP contribution in [0.15, 0.2) is 59.6 Å². The van der Waals surface area contributed by atoms with Gasteiger partial charge in [-0.05, 0) is 24.6 Å². The molecule has 164 valence electrons. The Balaban J connectivity index is 2.07. The summed E-state index contributed by atoms with van der Waals surface area (Å²) < 4.78 is 52.0. The molecule has 1 aliphatic rings. The molecule has 7 nitrogen and oxygen atoms in total. The van der Waals surface area contributed by atoms with Crippen LogP contribution in [0.4, 0.5) is 18.0 Å². The van der Waals surface area contributed by atoms with Gasteiger partial charge < -0.3 is 9.47 Å². The average Bonchev–Trinajstić information content (AvgIpc) is 3.02. The molecule has 1 atom stereocenters. The van der Waals surface area contributed by atoms with Crippen molar-refractivity contribution in [2.75, 3.05) is 13.7 Å². The lowest BCUT2D eigenvalue weighted by Crippen LogP contribution is -2.63. The van der Waals surface area contributed by atoms with Crippen LogP contribution in [0.5, 0.6) is 5.75 Å². The van der Waals surface area contributed by atoms with E-state index in [1.807, 2.05) is 0 Å². The third-order valence-corrected chi connectivity index (χ3v) is 4.58. The number of alkyl halides is 3. The zero-order valence-corrected chi connectivity index (χ0v) is 16.8. The maximum absolute atomic E-state index is 14.1. The maximum Gasteiger partial charge on any atom is 0.442 e. The van der Waals surface area contributed by atoms with E-state index in [1.54, 1.807) is 47.8 Å². The van der Waals surface area contributed by atoms with E-state index >= 15 is 0 Å². The van der Waals surface area contributed by atoms with Crippen molar-refractivity contribution in [3.05, 3.63) is 65.7 Å². The first-order valence-electron chi connectivity index (χ1n) is 9.33. The van der Waals surface area contributed by atoms with Crippen LogP contribution in [0.25, 0.3) is 0 Å². The molecule has 0 spiro atoms. The van der Waals surface area contributed by atoms with Gasteiger partial charge in [0.25, 0.3) is 5.91 Å². The first-order valence-corrected chi connectivity index (χ1v) is 9.33. The molecule has 0 aliphatic carbocycles. The number of rotatable bonds is 6. The number of aliphatic imine (C=N–C) groups is 1. The number of nitrogens with one attached hydrogen (secondary N) is 1. The number of amides is 2. The van der Waals surface area contributed by atoms with Crippen molar-refractivity contribution in [2.45, 2.75) is 25.3 Å². The second kappa shape index (κ2) is 8.66. The predicted octanol–water partition coefficient (Wildman–Crippen LogP) is 3.49. The summed E-state index contributed by atoms with van der Waals surface area (Å²) in [4.78, 5) is 29.6. The minimum absolute atomic E-state index is 0.168. The van der Waals surface area contributed by atoms with Crippen LogP contribution in [0.3, 0.4) is 0 Å². The van der Waals surface area contributed by atoms with Gasteiger partial charge in [-0.25, -0.2) is 9.79 Å². The summed E-state index contributed by atoms with van der Waals surface area (Å²) in [5, 5.41) is 1.63. The fourth-order valence-corrected chi connectivity index (χ4v) is 3.08. The van der Waals surface area contributed by atoms with Crippen LogP contribution in [0, 0.1) is 0 Å². The first-order chi connectivity index (χ1) is 14.7. The Morgan fingerprint density at radius 2 is 1.77 bits per heavy atom. The number of methoxy groups -OCH3 is 1. The Bertz CT molecular complexity index is 978. The average molecular weight is 435 g/mol. The summed E-state index contributed by atoms with van der Waals surface area (Å²) in [6, 6.07) is 14.5. The Hall–Kier alpha value is -3.56. The summed E-state index contributed by atoms with van der Waals surface area (Å²) in [6.45, 7) is 1.07. The molecule has 31 heavy (non-hydrogen) atoms. The van der Waals surface area contributed by atoms with Crippen LogP contribution in [-0.2, 0) is 16.1 Å². The Morgan fingerprint density at radius 1 is 1.13 bits per heavy atom. The number of amidine groups is 1. The highest BCUT2D eigenvalue weighted by atomic mass is 19.4. The molecular formula is C21H20F3N3O4. The number of hydrogen-bond acceptors (Lipinski definition) is 5. The number of ether oxygens (including phenoxy) is 2. The van der Waals surface area contributed by atoms with E-state index in [0.29, 0.717) is 16.9 Å². The van der Waals surface area contributed by atoms with Crippen LogP contribution in [-0.4, -0.2) is 48.3 Å². The molecule has 0 aromatic heterocycles. The van der Waals surface area contributed by atoms with Crippen molar-refractivity contribution >= 4 is 17.8 Å². The van der Waals surface area contributed by atoms with Gasteiger partial charge in [0.15, 0.2) is 0 Å². The normalized spacial score (nSPS) is 18.5. The van der Waals surface area contributed by atoms with Crippen molar-refractivity contribution in [3.63, 3.8) is 0 Å². The topological polar surface area (TPSA) is 80.2 Å². The van der Waals surface area contributed by atoms with Gasteiger partial charge in [0.2, 0.25) is 0 Å². The zero-order chi connectivity index (χ0) is 22.6. The standard InChI is InChI=1S/C21H20F3N3O4/c1-3-31-19(29)26-20(21(22,23)24)18(28)27(13-14-9-11-16(30-2)12-10-14)17(25-20)15-7-5-4-6-8-15/h4-12H,3,13H2,1-2H3,(H,26,29)/t20-/m0/s1. The first kappa shape index (κ1) is 22.1. The van der Waals surface area contributed by atoms with Crippen molar-refractivity contribution in [1.29, 1.82) is 0 Å². The molecule has 1 heterocycles. The van der Waals surface area contributed by atoms with Crippen LogP contribution >= 0.6 is 0 Å². The number of nitrogens with zero attached hydrogens (tertiary/aromatic N) is 2. The molecule has 10 heteroatoms. The molecule has 2 aromatic rings. The molecule has 0 unspecified atom stereocenters. The number of carbonyl (C=O) groups is 2. The summed E-state index contributed by atoms with van der Waals surface area (Å²) in [5.74, 6) is -1.08. The third-order valence-electron chi connectivity index (χ3n) is 4.58. The number of halogens is 3. The number of carbonyl (C=O) groups excluding carboxylic acids is 2. The second-order valence-corrected chi connectivity index (χ2v) is 6.59. The Labute approximate surface area is 176 Å². The van der Waals surface area contributed by atoms with Crippen molar-refractivity contribution in [1.82, 2.24) is 10.2 Å². The second-order valence-electron chi connectivity index (χ2n) is 6.59. The van der Waals surface area contributed by atoms with E-state index in [4.69, 9.17) is 4.74 Å². The molecule has 2 aromatic carbocycles. The molecule has 0 saturated carbocycles. The van der Waals surface area contributed by atoms with Crippen LogP contribution in [0.1, 0.15) is 18.1 Å². The van der Waals surface area contributed by atoms with Gasteiger partial charge in [0.1, 0.15) is 11.6 Å². The highest BCUT2D eigenvalue weighted by Gasteiger charge is 2.67. The van der Waals surface area contributed by atoms with Crippen molar-refractivity contribution in [3.8, 4) is 5.75 Å². The predicted molar refractivity (Wildman–Crippen MR) is 105 cm³/mol. The van der Waals surface area contributed by atoms with E-state index in [0.717, 1.165) is 4.90 Å². The lowest BCUT2D eigenvalue weighted by Gasteiger charge is -2.28. The number of hydrogen-bond donors (Lipinski definition) is 1. The SMILES string of the molecule is CCOC(=O)N[C@@]1(C(F)(F)F)N=C(c2ccccc2)N(Cc2ccc(OC)cc2)C1=O. The minimum atomic E-state index is -5.20. The maximum atomic E-state index is 14.1. The summed E-state index contributed by atoms with van der Waals surface area (Å²) in [6.07, 6.45) is -6.60. The van der Waals surface area contributed by atoms with Crippen LogP contribution < -0.4 is 10.1 Å². The van der Waals surface area contributed by atoms with E-state index in [2.05, 4.69) is 9.73 Å². The molecule has 0 fully saturated rings. The smallest absolute Gasteiger partial charge is 0.442 e. The monoisotopic (exact) mass is 435 g/mol. The zero-order valence-electron chi connectivity index (χ0n) is 16.8. The Kier molecular flexibility index (Phi) is 6.19. The summed E-state index contributed by atoms with van der Waals surface area (Å²) in [7, 11) is 1.48. The van der Waals surface area contributed by atoms with Gasteiger partial charge in [0.05, 0.1) is 20.3 Å². The molecule has 3 rings (SSSR count). The van der Waals surface area contributed by atoms with Crippen molar-refractivity contribution < 1.29 is 32.2 Å². The molecule has 1 aliphatic heterocycles. The summed E-state index contributed by atoms with van der Waals surface area (Å²) >= 11 is 0. The van der Waals surface area contributed by atoms with Crippen LogP contribution in [0.2, 0.25) is 0 Å². The van der Waals surface area contributed by atoms with E-state index in [-0.39, 0.29) is 19.0 Å². The highest BCUT2D eigenvalue weighted by Crippen LogP contribution is 2.39. The summed E-state index contributed by atoms with van der Waals surface area (Å²) in [5.41, 5.74) is -2.65. The molecule has 2 amide bonds. The fourth-order valence-electron chi connectivity index (χ4n) is 3.08. The molecule has 0 radical (unpaired) electrons. The van der Waals surface area contributed by atoms with Gasteiger partial charge in [0, 0.05) is 5.56 Å². The molecule has 0 bridgehead atoms. The quantitative estimate of drug-likeness (QED) is 0.753. The van der Waals surface area contributed by atoms with E-state index < -0.39 is 23.8 Å². The number of benzene rings is 2.